The Labute approximate surface area is 70.5 Å². The van der Waals surface area contributed by atoms with E-state index in [0.717, 1.165) is 0 Å². The molecule has 0 spiro atoms. The molecule has 0 aliphatic carbocycles. The van der Waals surface area contributed by atoms with Crippen molar-refractivity contribution in [2.75, 3.05) is 0 Å². The van der Waals surface area contributed by atoms with Gasteiger partial charge < -0.3 is 5.11 Å². The Bertz CT molecular complexity index is 325. The summed E-state index contributed by atoms with van der Waals surface area (Å²) in [7, 11) is -9.56. The molecule has 1 rings (SSSR count). The number of aromatic hydroxyl groups is 1. The molecule has 76 valence electrons. The van der Waals surface area contributed by atoms with Crippen molar-refractivity contribution < 1.29 is 24.5 Å². The van der Waals surface area contributed by atoms with Crippen LogP contribution in [0.5, 0.6) is 5.75 Å². The largest absolute Gasteiger partial charge is 0.508 e. The van der Waals surface area contributed by atoms with Crippen LogP contribution in [0.4, 0.5) is 19.4 Å². The lowest BCUT2D eigenvalue weighted by molar-refractivity contribution is 0.364. The summed E-state index contributed by atoms with van der Waals surface area (Å²) in [5.74, 6) is -0.495. The van der Waals surface area contributed by atoms with E-state index in [0.29, 0.717) is 12.1 Å². The second-order valence-electron chi connectivity index (χ2n) is 2.46. The molecular weight excluding hydrogens is 215 g/mol. The molecule has 1 nitrogen and oxygen atoms in total. The van der Waals surface area contributed by atoms with Gasteiger partial charge in [0.2, 0.25) is 0 Å². The maximum Gasteiger partial charge on any atom is 0.310 e. The molecule has 0 heterocycles. The van der Waals surface area contributed by atoms with Crippen LogP contribution in [0.25, 0.3) is 0 Å². The second-order valence-corrected chi connectivity index (χ2v) is 4.87. The summed E-state index contributed by atoms with van der Waals surface area (Å²) in [4.78, 5) is -2.00. The first-order valence-electron chi connectivity index (χ1n) is 3.02. The average molecular weight is 220 g/mol. The third-order valence-corrected chi connectivity index (χ3v) is 2.45. The van der Waals surface area contributed by atoms with Crippen LogP contribution >= 0.6 is 10.2 Å². The van der Waals surface area contributed by atoms with E-state index in [4.69, 9.17) is 5.11 Å². The van der Waals surface area contributed by atoms with E-state index in [1.54, 1.807) is 0 Å². The summed E-state index contributed by atoms with van der Waals surface area (Å²) in [5, 5.41) is 8.59. The van der Waals surface area contributed by atoms with Crippen LogP contribution in [0.15, 0.2) is 29.2 Å². The molecule has 0 saturated carbocycles. The van der Waals surface area contributed by atoms with Gasteiger partial charge in [0.1, 0.15) is 10.6 Å². The van der Waals surface area contributed by atoms with E-state index >= 15 is 0 Å². The molecule has 0 fully saturated rings. The minimum atomic E-state index is -9.56. The fourth-order valence-electron chi connectivity index (χ4n) is 0.703. The fraction of sp³-hybridized carbons (Fsp3) is 0. The Morgan fingerprint density at radius 2 is 1.23 bits per heavy atom. The van der Waals surface area contributed by atoms with E-state index in [9.17, 15) is 19.4 Å². The van der Waals surface area contributed by atoms with Gasteiger partial charge in [0.05, 0.1) is 0 Å². The molecule has 1 aromatic rings. The highest BCUT2D eigenvalue weighted by atomic mass is 32.5. The molecule has 7 heteroatoms. The Balaban J connectivity index is 3.34. The number of benzene rings is 1. The predicted molar refractivity (Wildman–Crippen MR) is 39.5 cm³/mol. The maximum atomic E-state index is 12.0. The van der Waals surface area contributed by atoms with E-state index in [1.807, 2.05) is 0 Å². The number of phenols is 1. The van der Waals surface area contributed by atoms with Crippen LogP contribution in [0, 0.1) is 0 Å². The van der Waals surface area contributed by atoms with Gasteiger partial charge in [-0.05, 0) is 24.3 Å². The van der Waals surface area contributed by atoms with E-state index in [1.165, 1.54) is 0 Å². The van der Waals surface area contributed by atoms with Crippen molar-refractivity contribution in [3.8, 4) is 5.75 Å². The summed E-state index contributed by atoms with van der Waals surface area (Å²) < 4.78 is 60.0. The third kappa shape index (κ3) is 2.48. The molecular formula is C6H5F5OS. The minimum absolute atomic E-state index is 0.150. The quantitative estimate of drug-likeness (QED) is 0.708. The summed E-state index contributed by atoms with van der Waals surface area (Å²) in [6, 6.07) is 1.42. The van der Waals surface area contributed by atoms with E-state index in [-0.39, 0.29) is 12.1 Å². The Morgan fingerprint density at radius 3 is 1.54 bits per heavy atom. The van der Waals surface area contributed by atoms with Crippen molar-refractivity contribution in [1.82, 2.24) is 0 Å². The number of halogens is 5. The van der Waals surface area contributed by atoms with Gasteiger partial charge in [0.15, 0.2) is 0 Å². The minimum Gasteiger partial charge on any atom is -0.508 e. The zero-order valence-corrected chi connectivity index (χ0v) is 6.87. The smallest absolute Gasteiger partial charge is 0.310 e. The Hall–Kier alpha value is -0.980. The van der Waals surface area contributed by atoms with Crippen molar-refractivity contribution >= 4 is 10.2 Å². The molecule has 0 unspecified atom stereocenters. The lowest BCUT2D eigenvalue weighted by atomic mass is 10.3. The van der Waals surface area contributed by atoms with Crippen LogP contribution in [-0.2, 0) is 0 Å². The maximum absolute atomic E-state index is 12.0. The highest BCUT2D eigenvalue weighted by molar-refractivity contribution is 8.45. The van der Waals surface area contributed by atoms with Gasteiger partial charge in [0, 0.05) is 0 Å². The zero-order valence-electron chi connectivity index (χ0n) is 6.05. The molecule has 1 aromatic carbocycles. The molecule has 0 aliphatic heterocycles. The molecule has 0 atom stereocenters. The van der Waals surface area contributed by atoms with Crippen molar-refractivity contribution in [2.45, 2.75) is 4.90 Å². The van der Waals surface area contributed by atoms with Gasteiger partial charge in [-0.15, -0.1) is 0 Å². The van der Waals surface area contributed by atoms with Crippen LogP contribution in [0.2, 0.25) is 0 Å². The Morgan fingerprint density at radius 1 is 0.846 bits per heavy atom. The van der Waals surface area contributed by atoms with E-state index < -0.39 is 20.9 Å². The Kier molecular flexibility index (Phi) is 1.49. The standard InChI is InChI=1S/C6H5F5OS/c7-13(8,9,10,11)6-3-1-5(12)2-4-6/h1-4,12H. The van der Waals surface area contributed by atoms with Crippen molar-refractivity contribution in [3.63, 3.8) is 0 Å². The highest BCUT2D eigenvalue weighted by Crippen LogP contribution is 3.02. The molecule has 0 radical (unpaired) electrons. The monoisotopic (exact) mass is 220 g/mol. The lowest BCUT2D eigenvalue weighted by Crippen LogP contribution is -2.05. The average Bonchev–Trinajstić information content (AvgIpc) is 1.82. The van der Waals surface area contributed by atoms with Gasteiger partial charge in [-0.2, -0.15) is 0 Å². The molecule has 0 aromatic heterocycles. The first-order valence-corrected chi connectivity index (χ1v) is 4.97. The van der Waals surface area contributed by atoms with Crippen LogP contribution in [-0.4, -0.2) is 5.11 Å². The van der Waals surface area contributed by atoms with Gasteiger partial charge in [-0.3, -0.25) is 0 Å². The summed E-state index contributed by atoms with van der Waals surface area (Å²) in [6.45, 7) is 0. The first-order chi connectivity index (χ1) is 5.49. The summed E-state index contributed by atoms with van der Waals surface area (Å²) >= 11 is 0. The van der Waals surface area contributed by atoms with Crippen molar-refractivity contribution in [3.05, 3.63) is 24.3 Å². The lowest BCUT2D eigenvalue weighted by Gasteiger charge is -2.40. The van der Waals surface area contributed by atoms with Crippen LogP contribution < -0.4 is 0 Å². The van der Waals surface area contributed by atoms with Gasteiger partial charge in [-0.25, -0.2) is 0 Å². The number of hydrogen-bond acceptors (Lipinski definition) is 1. The van der Waals surface area contributed by atoms with Crippen LogP contribution in [0.3, 0.4) is 0 Å². The molecule has 0 aliphatic rings. The normalized spacial score (nSPS) is 17.6. The van der Waals surface area contributed by atoms with E-state index in [2.05, 4.69) is 0 Å². The third-order valence-electron chi connectivity index (χ3n) is 1.28. The first kappa shape index (κ1) is 10.1. The van der Waals surface area contributed by atoms with Crippen LogP contribution in [0.1, 0.15) is 0 Å². The molecule has 0 amide bonds. The van der Waals surface area contributed by atoms with Crippen molar-refractivity contribution in [2.24, 2.45) is 0 Å². The topological polar surface area (TPSA) is 20.2 Å². The predicted octanol–water partition coefficient (Wildman–Crippen LogP) is 4.05. The SMILES string of the molecule is Oc1ccc(S(F)(F)(F)(F)F)cc1. The van der Waals surface area contributed by atoms with Gasteiger partial charge >= 0.3 is 10.2 Å². The molecule has 0 bridgehead atoms. The number of rotatable bonds is 1. The molecule has 13 heavy (non-hydrogen) atoms. The van der Waals surface area contributed by atoms with Gasteiger partial charge in [0.25, 0.3) is 0 Å². The fourth-order valence-corrected chi connectivity index (χ4v) is 1.35. The number of hydrogen-bond donors (Lipinski definition) is 1. The molecule has 1 N–H and O–H groups in total. The molecule has 0 saturated heterocycles. The highest BCUT2D eigenvalue weighted by Gasteiger charge is 2.65. The van der Waals surface area contributed by atoms with Gasteiger partial charge in [-0.1, -0.05) is 19.4 Å². The number of phenolic OH excluding ortho intramolecular Hbond substituents is 1. The summed E-state index contributed by atoms with van der Waals surface area (Å²) in [5.41, 5.74) is 0. The summed E-state index contributed by atoms with van der Waals surface area (Å²) in [6.07, 6.45) is 0. The second kappa shape index (κ2) is 1.92. The van der Waals surface area contributed by atoms with Crippen molar-refractivity contribution in [1.29, 1.82) is 0 Å². The zero-order chi connectivity index (χ0) is 10.4.